The van der Waals surface area contributed by atoms with Gasteiger partial charge in [0.25, 0.3) is 0 Å². The van der Waals surface area contributed by atoms with Crippen molar-refractivity contribution in [3.05, 3.63) is 0 Å². The Bertz CT molecular complexity index is 195. The summed E-state index contributed by atoms with van der Waals surface area (Å²) in [5, 5.41) is 36.4. The van der Waals surface area contributed by atoms with E-state index in [0.29, 0.717) is 0 Å². The van der Waals surface area contributed by atoms with Crippen LogP contribution >= 0.6 is 0 Å². The van der Waals surface area contributed by atoms with Gasteiger partial charge in [-0.2, -0.15) is 0 Å². The summed E-state index contributed by atoms with van der Waals surface area (Å²) in [6.45, 7) is -1.03. The molecule has 0 radical (unpaired) electrons. The van der Waals surface area contributed by atoms with Gasteiger partial charge in [0.1, 0.15) is 18.3 Å². The summed E-state index contributed by atoms with van der Waals surface area (Å²) in [5.41, 5.74) is -1.81. The minimum atomic E-state index is -1.81. The average molecular weight is 192 g/mol. The molecule has 1 rings (SSSR count). The molecular formula is C7H12O6. The van der Waals surface area contributed by atoms with Gasteiger partial charge in [-0.15, -0.1) is 0 Å². The summed E-state index contributed by atoms with van der Waals surface area (Å²) in [7, 11) is 0. The highest BCUT2D eigenvalue weighted by atomic mass is 16.5. The number of rotatable bonds is 2. The highest BCUT2D eigenvalue weighted by Gasteiger charge is 2.49. The summed E-state index contributed by atoms with van der Waals surface area (Å²) < 4.78 is 4.78. The van der Waals surface area contributed by atoms with E-state index in [2.05, 4.69) is 0 Å². The van der Waals surface area contributed by atoms with Crippen LogP contribution in [0.25, 0.3) is 0 Å². The number of hydrogen-bond acceptors (Lipinski definition) is 6. The Morgan fingerprint density at radius 1 is 1.46 bits per heavy atom. The molecule has 0 aromatic rings. The van der Waals surface area contributed by atoms with Gasteiger partial charge < -0.3 is 25.2 Å². The zero-order valence-corrected chi connectivity index (χ0v) is 6.83. The fraction of sp³-hybridized carbons (Fsp3) is 0.857. The van der Waals surface area contributed by atoms with Crippen LogP contribution in [0.2, 0.25) is 0 Å². The Hall–Kier alpha value is -0.530. The van der Waals surface area contributed by atoms with Crippen molar-refractivity contribution < 1.29 is 30.0 Å². The maximum atomic E-state index is 10.5. The second kappa shape index (κ2) is 3.69. The fourth-order valence-electron chi connectivity index (χ4n) is 1.20. The van der Waals surface area contributed by atoms with Gasteiger partial charge in [0.05, 0.1) is 13.2 Å². The molecule has 76 valence electrons. The summed E-state index contributed by atoms with van der Waals surface area (Å²) >= 11 is 0. The lowest BCUT2D eigenvalue weighted by molar-refractivity contribution is -0.233. The van der Waals surface area contributed by atoms with Crippen LogP contribution in [0.4, 0.5) is 0 Å². The first-order chi connectivity index (χ1) is 6.07. The van der Waals surface area contributed by atoms with E-state index in [1.54, 1.807) is 0 Å². The average Bonchev–Trinajstić information content (AvgIpc) is 2.16. The summed E-state index contributed by atoms with van der Waals surface area (Å²) in [6.07, 6.45) is -4.10. The van der Waals surface area contributed by atoms with Crippen molar-refractivity contribution in [2.45, 2.75) is 23.9 Å². The van der Waals surface area contributed by atoms with E-state index < -0.39 is 30.5 Å². The number of carbonyl (C=O) groups is 1. The minimum absolute atomic E-state index is 0.229. The molecule has 6 nitrogen and oxygen atoms in total. The van der Waals surface area contributed by atoms with Crippen molar-refractivity contribution in [3.63, 3.8) is 0 Å². The third-order valence-electron chi connectivity index (χ3n) is 2.19. The van der Waals surface area contributed by atoms with Crippen LogP contribution < -0.4 is 0 Å². The lowest BCUT2D eigenvalue weighted by Gasteiger charge is -2.40. The normalized spacial score (nSPS) is 46.0. The predicted octanol–water partition coefficient (Wildman–Crippen LogP) is -2.97. The van der Waals surface area contributed by atoms with Crippen molar-refractivity contribution in [2.75, 3.05) is 13.2 Å². The first-order valence-electron chi connectivity index (χ1n) is 3.83. The fourth-order valence-corrected chi connectivity index (χ4v) is 1.20. The lowest BCUT2D eigenvalue weighted by atomic mass is 9.89. The van der Waals surface area contributed by atoms with E-state index >= 15 is 0 Å². The van der Waals surface area contributed by atoms with Gasteiger partial charge in [-0.05, 0) is 0 Å². The SMILES string of the molecule is O=C[C@]1(CO)OC[C@H](O)[C@@H](O)[C@@H]1O. The molecule has 1 aliphatic heterocycles. The third kappa shape index (κ3) is 1.59. The van der Waals surface area contributed by atoms with E-state index in [-0.39, 0.29) is 12.9 Å². The molecule has 0 amide bonds. The molecule has 1 fully saturated rings. The Kier molecular flexibility index (Phi) is 2.99. The van der Waals surface area contributed by atoms with Crippen molar-refractivity contribution in [1.29, 1.82) is 0 Å². The molecule has 4 N–H and O–H groups in total. The van der Waals surface area contributed by atoms with Gasteiger partial charge in [-0.1, -0.05) is 0 Å². The van der Waals surface area contributed by atoms with Crippen LogP contribution in [0.1, 0.15) is 0 Å². The van der Waals surface area contributed by atoms with E-state index in [0.717, 1.165) is 0 Å². The summed E-state index contributed by atoms with van der Waals surface area (Å²) in [5.74, 6) is 0. The van der Waals surface area contributed by atoms with Crippen LogP contribution in [0.15, 0.2) is 0 Å². The molecule has 0 bridgehead atoms. The van der Waals surface area contributed by atoms with E-state index in [1.807, 2.05) is 0 Å². The summed E-state index contributed by atoms with van der Waals surface area (Å²) in [4.78, 5) is 10.5. The maximum Gasteiger partial charge on any atom is 0.174 e. The summed E-state index contributed by atoms with van der Waals surface area (Å²) in [6, 6.07) is 0. The molecule has 0 aromatic heterocycles. The van der Waals surface area contributed by atoms with E-state index in [4.69, 9.17) is 14.9 Å². The molecule has 0 aliphatic carbocycles. The van der Waals surface area contributed by atoms with Crippen molar-refractivity contribution >= 4 is 6.29 Å². The maximum absolute atomic E-state index is 10.5. The predicted molar refractivity (Wildman–Crippen MR) is 39.9 cm³/mol. The van der Waals surface area contributed by atoms with Gasteiger partial charge in [0.15, 0.2) is 11.9 Å². The first kappa shape index (κ1) is 10.6. The standard InChI is InChI=1S/C7H12O6/c8-2-7(3-9)6(12)5(11)4(10)1-13-7/h2,4-6,9-12H,1,3H2/t4-,5+,6-,7+/m0/s1. The Morgan fingerprint density at radius 3 is 2.54 bits per heavy atom. The molecule has 0 unspecified atom stereocenters. The quantitative estimate of drug-likeness (QED) is 0.348. The molecule has 6 heteroatoms. The smallest absolute Gasteiger partial charge is 0.174 e. The number of hydrogen-bond donors (Lipinski definition) is 4. The number of ether oxygens (including phenoxy) is 1. The minimum Gasteiger partial charge on any atom is -0.393 e. The molecule has 1 heterocycles. The van der Waals surface area contributed by atoms with E-state index in [9.17, 15) is 15.0 Å². The number of aliphatic hydroxyl groups excluding tert-OH is 4. The van der Waals surface area contributed by atoms with Crippen molar-refractivity contribution in [3.8, 4) is 0 Å². The van der Waals surface area contributed by atoms with Gasteiger partial charge in [0.2, 0.25) is 0 Å². The second-order valence-electron chi connectivity index (χ2n) is 3.04. The van der Waals surface area contributed by atoms with Gasteiger partial charge in [0, 0.05) is 0 Å². The molecule has 1 aliphatic rings. The second-order valence-corrected chi connectivity index (χ2v) is 3.04. The van der Waals surface area contributed by atoms with Gasteiger partial charge in [-0.25, -0.2) is 0 Å². The zero-order valence-electron chi connectivity index (χ0n) is 6.83. The topological polar surface area (TPSA) is 107 Å². The highest BCUT2D eigenvalue weighted by Crippen LogP contribution is 2.23. The van der Waals surface area contributed by atoms with Crippen LogP contribution in [-0.4, -0.2) is 63.8 Å². The van der Waals surface area contributed by atoms with Gasteiger partial charge >= 0.3 is 0 Å². The molecule has 1 saturated heterocycles. The molecule has 4 atom stereocenters. The first-order valence-corrected chi connectivity index (χ1v) is 3.83. The van der Waals surface area contributed by atoms with Gasteiger partial charge in [-0.3, -0.25) is 4.79 Å². The van der Waals surface area contributed by atoms with Crippen LogP contribution in [0.3, 0.4) is 0 Å². The number of aliphatic hydroxyl groups is 4. The lowest BCUT2D eigenvalue weighted by Crippen LogP contribution is -2.63. The highest BCUT2D eigenvalue weighted by molar-refractivity contribution is 5.64. The van der Waals surface area contributed by atoms with Crippen LogP contribution in [0, 0.1) is 0 Å². The third-order valence-corrected chi connectivity index (χ3v) is 2.19. The van der Waals surface area contributed by atoms with Crippen molar-refractivity contribution in [2.24, 2.45) is 0 Å². The van der Waals surface area contributed by atoms with Crippen LogP contribution in [-0.2, 0) is 9.53 Å². The molecular weight excluding hydrogens is 180 g/mol. The number of aldehydes is 1. The largest absolute Gasteiger partial charge is 0.393 e. The Morgan fingerprint density at radius 2 is 2.08 bits per heavy atom. The van der Waals surface area contributed by atoms with Crippen LogP contribution in [0.5, 0.6) is 0 Å². The Labute approximate surface area is 74.4 Å². The molecule has 0 saturated carbocycles. The van der Waals surface area contributed by atoms with E-state index in [1.165, 1.54) is 0 Å². The van der Waals surface area contributed by atoms with Crippen molar-refractivity contribution in [1.82, 2.24) is 0 Å². The molecule has 0 spiro atoms. The molecule has 13 heavy (non-hydrogen) atoms. The monoisotopic (exact) mass is 192 g/mol. The molecule has 0 aromatic carbocycles. The zero-order chi connectivity index (χ0) is 10.1. The number of carbonyl (C=O) groups excluding carboxylic acids is 1. The Balaban J connectivity index is 2.83.